The van der Waals surface area contributed by atoms with Crippen molar-refractivity contribution in [2.75, 3.05) is 26.2 Å². The van der Waals surface area contributed by atoms with E-state index >= 15 is 0 Å². The van der Waals surface area contributed by atoms with Gasteiger partial charge >= 0.3 is 0 Å². The zero-order chi connectivity index (χ0) is 13.6. The highest BCUT2D eigenvalue weighted by molar-refractivity contribution is 5.78. The molecule has 0 bridgehead atoms. The molecule has 0 heterocycles. The monoisotopic (exact) mass is 256 g/mol. The molecule has 0 rings (SSSR count). The molecule has 0 aliphatic heterocycles. The van der Waals surface area contributed by atoms with Crippen LogP contribution >= 0.6 is 0 Å². The maximum absolute atomic E-state index is 12.1. The van der Waals surface area contributed by atoms with Gasteiger partial charge in [-0.3, -0.25) is 4.79 Å². The van der Waals surface area contributed by atoms with Gasteiger partial charge in [-0.15, -0.1) is 0 Å². The molecule has 0 unspecified atom stereocenters. The lowest BCUT2D eigenvalue weighted by molar-refractivity contribution is -0.130. The molecule has 0 aliphatic rings. The van der Waals surface area contributed by atoms with E-state index in [-0.39, 0.29) is 5.91 Å². The third-order valence-corrected chi connectivity index (χ3v) is 3.12. The van der Waals surface area contributed by atoms with Gasteiger partial charge in [0.15, 0.2) is 0 Å². The van der Waals surface area contributed by atoms with Gasteiger partial charge in [0.1, 0.15) is 0 Å². The maximum atomic E-state index is 12.1. The Morgan fingerprint density at radius 1 is 0.889 bits per heavy atom. The lowest BCUT2D eigenvalue weighted by Crippen LogP contribution is -2.39. The van der Waals surface area contributed by atoms with E-state index in [0.717, 1.165) is 38.9 Å². The highest BCUT2D eigenvalue weighted by Crippen LogP contribution is 2.03. The van der Waals surface area contributed by atoms with Gasteiger partial charge in [-0.1, -0.05) is 46.5 Å². The van der Waals surface area contributed by atoms with Crippen LogP contribution in [0, 0.1) is 0 Å². The normalized spacial score (nSPS) is 10.6. The maximum Gasteiger partial charge on any atom is 0.236 e. The average Bonchev–Trinajstić information content (AvgIpc) is 2.37. The standard InChI is InChI=1S/C15H32N2O/c1-4-7-9-12-17(13-10-8-5-2)15(18)14-16-11-6-3/h16H,4-14H2,1-3H3. The number of unbranched alkanes of at least 4 members (excludes halogenated alkanes) is 4. The molecular formula is C15H32N2O. The number of amides is 1. The summed E-state index contributed by atoms with van der Waals surface area (Å²) in [5.74, 6) is 0.274. The van der Waals surface area contributed by atoms with Gasteiger partial charge in [0.05, 0.1) is 6.54 Å². The summed E-state index contributed by atoms with van der Waals surface area (Å²) in [6.07, 6.45) is 8.24. The van der Waals surface area contributed by atoms with Crippen LogP contribution in [0.15, 0.2) is 0 Å². The molecule has 0 aromatic heterocycles. The minimum Gasteiger partial charge on any atom is -0.342 e. The fourth-order valence-electron chi connectivity index (χ4n) is 1.95. The van der Waals surface area contributed by atoms with Gasteiger partial charge in [-0.25, -0.2) is 0 Å². The van der Waals surface area contributed by atoms with E-state index in [0.29, 0.717) is 6.54 Å². The van der Waals surface area contributed by atoms with Crippen LogP contribution in [0.25, 0.3) is 0 Å². The minimum absolute atomic E-state index is 0.274. The first kappa shape index (κ1) is 17.4. The average molecular weight is 256 g/mol. The zero-order valence-electron chi connectivity index (χ0n) is 12.6. The Morgan fingerprint density at radius 3 is 1.89 bits per heavy atom. The number of nitrogens with one attached hydrogen (secondary N) is 1. The number of carbonyl (C=O) groups excluding carboxylic acids is 1. The predicted molar refractivity (Wildman–Crippen MR) is 78.8 cm³/mol. The molecule has 0 aliphatic carbocycles. The fourth-order valence-corrected chi connectivity index (χ4v) is 1.95. The Balaban J connectivity index is 3.95. The smallest absolute Gasteiger partial charge is 0.236 e. The molecule has 108 valence electrons. The number of hydrogen-bond acceptors (Lipinski definition) is 2. The van der Waals surface area contributed by atoms with E-state index in [4.69, 9.17) is 0 Å². The van der Waals surface area contributed by atoms with Crippen LogP contribution in [0.2, 0.25) is 0 Å². The van der Waals surface area contributed by atoms with Gasteiger partial charge in [0.2, 0.25) is 5.91 Å². The van der Waals surface area contributed by atoms with Crippen LogP contribution < -0.4 is 5.32 Å². The molecule has 0 radical (unpaired) electrons. The molecule has 0 fully saturated rings. The zero-order valence-corrected chi connectivity index (χ0v) is 12.6. The van der Waals surface area contributed by atoms with Crippen molar-refractivity contribution in [1.29, 1.82) is 0 Å². The van der Waals surface area contributed by atoms with Crippen molar-refractivity contribution in [3.8, 4) is 0 Å². The predicted octanol–water partition coefficient (Wildman–Crippen LogP) is 3.20. The van der Waals surface area contributed by atoms with Crippen LogP contribution in [-0.4, -0.2) is 37.0 Å². The summed E-state index contributed by atoms with van der Waals surface area (Å²) in [7, 11) is 0. The van der Waals surface area contributed by atoms with Gasteiger partial charge in [-0.05, 0) is 25.8 Å². The molecule has 3 heteroatoms. The van der Waals surface area contributed by atoms with E-state index in [1.807, 2.05) is 4.90 Å². The molecule has 0 aromatic rings. The topological polar surface area (TPSA) is 32.3 Å². The fraction of sp³-hybridized carbons (Fsp3) is 0.933. The SMILES string of the molecule is CCCCCN(CCCCC)C(=O)CNCCC. The molecule has 0 saturated carbocycles. The van der Waals surface area contributed by atoms with Crippen LogP contribution in [-0.2, 0) is 4.79 Å². The summed E-state index contributed by atoms with van der Waals surface area (Å²) < 4.78 is 0. The largest absolute Gasteiger partial charge is 0.342 e. The molecular weight excluding hydrogens is 224 g/mol. The molecule has 0 spiro atoms. The highest BCUT2D eigenvalue weighted by atomic mass is 16.2. The van der Waals surface area contributed by atoms with Gasteiger partial charge in [0, 0.05) is 13.1 Å². The molecule has 1 amide bonds. The van der Waals surface area contributed by atoms with E-state index in [1.165, 1.54) is 25.7 Å². The Kier molecular flexibility index (Phi) is 12.5. The van der Waals surface area contributed by atoms with Crippen molar-refractivity contribution < 1.29 is 4.79 Å². The molecule has 0 aromatic carbocycles. The van der Waals surface area contributed by atoms with Crippen molar-refractivity contribution in [3.63, 3.8) is 0 Å². The first-order chi connectivity index (χ1) is 8.76. The number of nitrogens with zero attached hydrogens (tertiary/aromatic N) is 1. The van der Waals surface area contributed by atoms with Crippen LogP contribution in [0.3, 0.4) is 0 Å². The Labute approximate surface area is 113 Å². The first-order valence-corrected chi connectivity index (χ1v) is 7.74. The molecule has 18 heavy (non-hydrogen) atoms. The van der Waals surface area contributed by atoms with E-state index in [2.05, 4.69) is 26.1 Å². The molecule has 1 N–H and O–H groups in total. The summed E-state index contributed by atoms with van der Waals surface area (Å²) >= 11 is 0. The minimum atomic E-state index is 0.274. The Bertz CT molecular complexity index is 185. The van der Waals surface area contributed by atoms with Crippen LogP contribution in [0.1, 0.15) is 65.7 Å². The lowest BCUT2D eigenvalue weighted by atomic mass is 10.2. The molecule has 3 nitrogen and oxygen atoms in total. The number of rotatable bonds is 12. The van der Waals surface area contributed by atoms with Crippen molar-refractivity contribution in [2.45, 2.75) is 65.7 Å². The van der Waals surface area contributed by atoms with Gasteiger partial charge < -0.3 is 10.2 Å². The lowest BCUT2D eigenvalue weighted by Gasteiger charge is -2.23. The second kappa shape index (κ2) is 12.9. The number of hydrogen-bond donors (Lipinski definition) is 1. The second-order valence-electron chi connectivity index (χ2n) is 4.97. The first-order valence-electron chi connectivity index (χ1n) is 7.74. The van der Waals surface area contributed by atoms with Crippen molar-refractivity contribution >= 4 is 5.91 Å². The Hall–Kier alpha value is -0.570. The van der Waals surface area contributed by atoms with Crippen LogP contribution in [0.5, 0.6) is 0 Å². The summed E-state index contributed by atoms with van der Waals surface area (Å²) in [6, 6.07) is 0. The van der Waals surface area contributed by atoms with Gasteiger partial charge in [0.25, 0.3) is 0 Å². The third kappa shape index (κ3) is 9.46. The third-order valence-electron chi connectivity index (χ3n) is 3.12. The quantitative estimate of drug-likeness (QED) is 0.544. The van der Waals surface area contributed by atoms with E-state index in [1.54, 1.807) is 0 Å². The van der Waals surface area contributed by atoms with Crippen molar-refractivity contribution in [1.82, 2.24) is 10.2 Å². The van der Waals surface area contributed by atoms with E-state index in [9.17, 15) is 4.79 Å². The summed E-state index contributed by atoms with van der Waals surface area (Å²) in [5, 5.41) is 3.20. The van der Waals surface area contributed by atoms with Crippen LogP contribution in [0.4, 0.5) is 0 Å². The van der Waals surface area contributed by atoms with Crippen molar-refractivity contribution in [2.24, 2.45) is 0 Å². The Morgan fingerprint density at radius 2 is 1.44 bits per heavy atom. The van der Waals surface area contributed by atoms with Crippen molar-refractivity contribution in [3.05, 3.63) is 0 Å². The van der Waals surface area contributed by atoms with Gasteiger partial charge in [-0.2, -0.15) is 0 Å². The highest BCUT2D eigenvalue weighted by Gasteiger charge is 2.11. The molecule has 0 atom stereocenters. The second-order valence-corrected chi connectivity index (χ2v) is 4.97. The number of carbonyl (C=O) groups is 1. The summed E-state index contributed by atoms with van der Waals surface area (Å²) in [5.41, 5.74) is 0. The summed E-state index contributed by atoms with van der Waals surface area (Å²) in [4.78, 5) is 14.1. The summed E-state index contributed by atoms with van der Waals surface area (Å²) in [6.45, 7) is 9.83. The molecule has 0 saturated heterocycles. The van der Waals surface area contributed by atoms with E-state index < -0.39 is 0 Å².